The molecule has 0 aliphatic heterocycles. The number of aliphatic imine (C=N–C) groups is 2. The van der Waals surface area contributed by atoms with Crippen LogP contribution in [0.25, 0.3) is 0 Å². The second kappa shape index (κ2) is 5.31. The molecule has 0 amide bonds. The molecule has 6 N–H and O–H groups in total. The van der Waals surface area contributed by atoms with Crippen LogP contribution in [0.1, 0.15) is 5.56 Å². The quantitative estimate of drug-likeness (QED) is 0.532. The Hall–Kier alpha value is -1.08. The molecule has 0 fully saturated rings. The van der Waals surface area contributed by atoms with E-state index in [9.17, 15) is 0 Å². The zero-order chi connectivity index (χ0) is 12.3. The lowest BCUT2D eigenvalue weighted by Crippen LogP contribution is -2.26. The topological polar surface area (TPSA) is 103 Å². The standard InChI is InChI=1S/C9H11Br2N5/c1-4-5(10)2-3-6(7(4)11)15-9(14)16-8(12)13/h2-3H,1H3,(H6,12,13,14,15,16). The Bertz CT molecular complexity index is 463. The van der Waals surface area contributed by atoms with Crippen LogP contribution < -0.4 is 17.2 Å². The van der Waals surface area contributed by atoms with Crippen LogP contribution in [0.15, 0.2) is 31.1 Å². The summed E-state index contributed by atoms with van der Waals surface area (Å²) in [7, 11) is 0. The van der Waals surface area contributed by atoms with E-state index < -0.39 is 0 Å². The summed E-state index contributed by atoms with van der Waals surface area (Å²) >= 11 is 6.83. The minimum Gasteiger partial charge on any atom is -0.370 e. The van der Waals surface area contributed by atoms with Gasteiger partial charge in [-0.3, -0.25) is 0 Å². The molecule has 0 aliphatic carbocycles. The van der Waals surface area contributed by atoms with Crippen LogP contribution in [0.2, 0.25) is 0 Å². The third kappa shape index (κ3) is 3.21. The van der Waals surface area contributed by atoms with E-state index >= 15 is 0 Å². The lowest BCUT2D eigenvalue weighted by molar-refractivity contribution is 1.33. The number of guanidine groups is 2. The summed E-state index contributed by atoms with van der Waals surface area (Å²) in [5.74, 6) is -0.103. The van der Waals surface area contributed by atoms with Crippen molar-refractivity contribution in [3.8, 4) is 0 Å². The van der Waals surface area contributed by atoms with Gasteiger partial charge in [0.15, 0.2) is 5.96 Å². The average Bonchev–Trinajstić information content (AvgIpc) is 2.18. The fraction of sp³-hybridized carbons (Fsp3) is 0.111. The molecule has 5 nitrogen and oxygen atoms in total. The van der Waals surface area contributed by atoms with Crippen molar-refractivity contribution < 1.29 is 0 Å². The molecule has 1 rings (SSSR count). The summed E-state index contributed by atoms with van der Waals surface area (Å²) in [4.78, 5) is 7.71. The maximum atomic E-state index is 5.53. The van der Waals surface area contributed by atoms with Gasteiger partial charge in [0.1, 0.15) is 0 Å². The van der Waals surface area contributed by atoms with E-state index in [-0.39, 0.29) is 11.9 Å². The minimum absolute atomic E-state index is 0.0161. The summed E-state index contributed by atoms with van der Waals surface area (Å²) in [6.45, 7) is 1.95. The normalized spacial score (nSPS) is 11.3. The molecule has 0 saturated heterocycles. The first-order chi connectivity index (χ1) is 7.41. The Balaban J connectivity index is 3.17. The summed E-state index contributed by atoms with van der Waals surface area (Å²) in [6.07, 6.45) is 0. The molecule has 0 heterocycles. The number of nitrogens with two attached hydrogens (primary N) is 3. The summed E-state index contributed by atoms with van der Waals surface area (Å²) in [5.41, 5.74) is 17.6. The molecule has 16 heavy (non-hydrogen) atoms. The van der Waals surface area contributed by atoms with Gasteiger partial charge in [-0.05, 0) is 40.5 Å². The van der Waals surface area contributed by atoms with Crippen LogP contribution in [0.4, 0.5) is 5.69 Å². The van der Waals surface area contributed by atoms with E-state index in [4.69, 9.17) is 17.2 Å². The second-order valence-electron chi connectivity index (χ2n) is 3.01. The Morgan fingerprint density at radius 2 is 1.81 bits per heavy atom. The van der Waals surface area contributed by atoms with E-state index in [1.54, 1.807) is 6.07 Å². The van der Waals surface area contributed by atoms with Crippen molar-refractivity contribution in [2.24, 2.45) is 27.2 Å². The Labute approximate surface area is 110 Å². The summed E-state index contributed by atoms with van der Waals surface area (Å²) in [6, 6.07) is 3.68. The minimum atomic E-state index is -0.119. The first kappa shape index (κ1) is 13.0. The van der Waals surface area contributed by atoms with Crippen molar-refractivity contribution >= 4 is 49.5 Å². The maximum Gasteiger partial charge on any atom is 0.223 e. The molecular formula is C9H11Br2N5. The largest absolute Gasteiger partial charge is 0.370 e. The van der Waals surface area contributed by atoms with Crippen LogP contribution >= 0.6 is 31.9 Å². The van der Waals surface area contributed by atoms with E-state index in [0.717, 1.165) is 14.5 Å². The fourth-order valence-electron chi connectivity index (χ4n) is 1.01. The number of halogens is 2. The smallest absolute Gasteiger partial charge is 0.223 e. The van der Waals surface area contributed by atoms with Crippen molar-refractivity contribution in [2.75, 3.05) is 0 Å². The van der Waals surface area contributed by atoms with Crippen molar-refractivity contribution in [1.29, 1.82) is 0 Å². The van der Waals surface area contributed by atoms with Gasteiger partial charge >= 0.3 is 0 Å². The Morgan fingerprint density at radius 1 is 1.19 bits per heavy atom. The number of rotatable bonds is 1. The molecule has 0 spiro atoms. The molecule has 1 aromatic rings. The van der Waals surface area contributed by atoms with Crippen LogP contribution in [0.5, 0.6) is 0 Å². The lowest BCUT2D eigenvalue weighted by atomic mass is 10.2. The van der Waals surface area contributed by atoms with Crippen LogP contribution in [-0.4, -0.2) is 11.9 Å². The highest BCUT2D eigenvalue weighted by molar-refractivity contribution is 9.11. The first-order valence-electron chi connectivity index (χ1n) is 4.30. The molecule has 0 unspecified atom stereocenters. The van der Waals surface area contributed by atoms with Gasteiger partial charge in [0.25, 0.3) is 0 Å². The highest BCUT2D eigenvalue weighted by Gasteiger charge is 2.05. The van der Waals surface area contributed by atoms with E-state index in [2.05, 4.69) is 41.8 Å². The fourth-order valence-corrected chi connectivity index (χ4v) is 2.05. The summed E-state index contributed by atoms with van der Waals surface area (Å²) < 4.78 is 1.83. The van der Waals surface area contributed by atoms with Crippen molar-refractivity contribution in [3.63, 3.8) is 0 Å². The Kier molecular flexibility index (Phi) is 4.31. The Morgan fingerprint density at radius 3 is 2.38 bits per heavy atom. The molecule has 0 aliphatic rings. The number of nitrogens with zero attached hydrogens (tertiary/aromatic N) is 2. The van der Waals surface area contributed by atoms with Crippen molar-refractivity contribution in [3.05, 3.63) is 26.6 Å². The average molecular weight is 349 g/mol. The van der Waals surface area contributed by atoms with Gasteiger partial charge in [-0.15, -0.1) is 0 Å². The molecular weight excluding hydrogens is 338 g/mol. The summed E-state index contributed by atoms with van der Waals surface area (Å²) in [5, 5.41) is 0. The van der Waals surface area contributed by atoms with Crippen molar-refractivity contribution in [1.82, 2.24) is 0 Å². The maximum absolute atomic E-state index is 5.53. The molecule has 86 valence electrons. The van der Waals surface area contributed by atoms with Crippen LogP contribution in [0.3, 0.4) is 0 Å². The van der Waals surface area contributed by atoms with Gasteiger partial charge in [-0.1, -0.05) is 15.9 Å². The molecule has 1 aromatic carbocycles. The molecule has 0 saturated carbocycles. The highest BCUT2D eigenvalue weighted by atomic mass is 79.9. The molecule has 0 radical (unpaired) electrons. The second-order valence-corrected chi connectivity index (χ2v) is 4.66. The van der Waals surface area contributed by atoms with Crippen molar-refractivity contribution in [2.45, 2.75) is 6.92 Å². The third-order valence-corrected chi connectivity index (χ3v) is 3.64. The van der Waals surface area contributed by atoms with Gasteiger partial charge in [0.05, 0.1) is 5.69 Å². The van der Waals surface area contributed by atoms with E-state index in [0.29, 0.717) is 5.69 Å². The van der Waals surface area contributed by atoms with Gasteiger partial charge in [0.2, 0.25) is 5.96 Å². The first-order valence-corrected chi connectivity index (χ1v) is 5.89. The molecule has 0 aromatic heterocycles. The third-order valence-electron chi connectivity index (χ3n) is 1.78. The highest BCUT2D eigenvalue weighted by Crippen LogP contribution is 2.33. The molecule has 0 bridgehead atoms. The molecule has 0 atom stereocenters. The number of benzene rings is 1. The predicted molar refractivity (Wildman–Crippen MR) is 73.7 cm³/mol. The number of hydrogen-bond acceptors (Lipinski definition) is 1. The van der Waals surface area contributed by atoms with E-state index in [1.807, 2.05) is 13.0 Å². The van der Waals surface area contributed by atoms with Gasteiger partial charge < -0.3 is 17.2 Å². The molecule has 7 heteroatoms. The van der Waals surface area contributed by atoms with Crippen LogP contribution in [-0.2, 0) is 0 Å². The SMILES string of the molecule is Cc1c(Br)ccc(N=C(N)N=C(N)N)c1Br. The van der Waals surface area contributed by atoms with Gasteiger partial charge in [-0.25, -0.2) is 4.99 Å². The monoisotopic (exact) mass is 347 g/mol. The van der Waals surface area contributed by atoms with Gasteiger partial charge in [-0.2, -0.15) is 4.99 Å². The number of hydrogen-bond donors (Lipinski definition) is 3. The van der Waals surface area contributed by atoms with E-state index in [1.165, 1.54) is 0 Å². The zero-order valence-corrected chi connectivity index (χ0v) is 11.7. The zero-order valence-electron chi connectivity index (χ0n) is 8.54. The van der Waals surface area contributed by atoms with Gasteiger partial charge in [0, 0.05) is 8.95 Å². The predicted octanol–water partition coefficient (Wildman–Crippen LogP) is 1.74. The van der Waals surface area contributed by atoms with Crippen LogP contribution in [0, 0.1) is 6.92 Å². The lowest BCUT2D eigenvalue weighted by Gasteiger charge is -2.04.